The highest BCUT2D eigenvalue weighted by atomic mass is 16.1. The van der Waals surface area contributed by atoms with E-state index >= 15 is 0 Å². The molecular formula is C12H19NO. The molecule has 0 aromatic rings. The predicted molar refractivity (Wildman–Crippen MR) is 56.9 cm³/mol. The molecule has 0 saturated heterocycles. The molecule has 0 radical (unpaired) electrons. The summed E-state index contributed by atoms with van der Waals surface area (Å²) in [6.45, 7) is 5.59. The Kier molecular flexibility index (Phi) is 2.62. The van der Waals surface area contributed by atoms with E-state index in [9.17, 15) is 4.79 Å². The van der Waals surface area contributed by atoms with Crippen LogP contribution in [0.15, 0.2) is 11.8 Å². The van der Waals surface area contributed by atoms with Crippen LogP contribution >= 0.6 is 0 Å². The zero-order valence-electron chi connectivity index (χ0n) is 9.12. The fourth-order valence-electron chi connectivity index (χ4n) is 2.05. The van der Waals surface area contributed by atoms with Gasteiger partial charge < -0.3 is 4.90 Å². The molecule has 14 heavy (non-hydrogen) atoms. The van der Waals surface area contributed by atoms with E-state index in [1.807, 2.05) is 6.08 Å². The Bertz CT molecular complexity index is 263. The summed E-state index contributed by atoms with van der Waals surface area (Å²) in [5.74, 6) is 1.20. The van der Waals surface area contributed by atoms with Crippen LogP contribution in [0.3, 0.4) is 0 Å². The standard InChI is InChI=1S/C12H19NO/c1-9(2)13(8-10-3-4-10)11-5-6-12(14)7-11/h7,9-10H,3-6,8H2,1-2H3. The summed E-state index contributed by atoms with van der Waals surface area (Å²) >= 11 is 0. The molecule has 2 heteroatoms. The quantitative estimate of drug-likeness (QED) is 0.683. The molecule has 2 rings (SSSR count). The minimum atomic E-state index is 0.307. The summed E-state index contributed by atoms with van der Waals surface area (Å²) < 4.78 is 0. The van der Waals surface area contributed by atoms with Gasteiger partial charge >= 0.3 is 0 Å². The largest absolute Gasteiger partial charge is 0.372 e. The van der Waals surface area contributed by atoms with Crippen molar-refractivity contribution in [2.45, 2.75) is 45.6 Å². The SMILES string of the molecule is CC(C)N(CC1CC1)C1=CC(=O)CC1. The van der Waals surface area contributed by atoms with Gasteiger partial charge in [-0.25, -0.2) is 0 Å². The molecule has 2 nitrogen and oxygen atoms in total. The summed E-state index contributed by atoms with van der Waals surface area (Å²) in [7, 11) is 0. The number of allylic oxidation sites excluding steroid dienone is 2. The molecule has 2 aliphatic rings. The Hall–Kier alpha value is -0.790. The van der Waals surface area contributed by atoms with Crippen LogP contribution in [0.4, 0.5) is 0 Å². The predicted octanol–water partition coefficient (Wildman–Crippen LogP) is 2.35. The Morgan fingerprint density at radius 2 is 2.14 bits per heavy atom. The third-order valence-electron chi connectivity index (χ3n) is 3.10. The van der Waals surface area contributed by atoms with Gasteiger partial charge in [-0.3, -0.25) is 4.79 Å². The van der Waals surface area contributed by atoms with Crippen LogP contribution in [0.5, 0.6) is 0 Å². The monoisotopic (exact) mass is 193 g/mol. The number of carbonyl (C=O) groups excluding carboxylic acids is 1. The minimum Gasteiger partial charge on any atom is -0.372 e. The van der Waals surface area contributed by atoms with Crippen molar-refractivity contribution in [1.82, 2.24) is 4.90 Å². The molecule has 0 N–H and O–H groups in total. The van der Waals surface area contributed by atoms with Gasteiger partial charge in [-0.15, -0.1) is 0 Å². The Morgan fingerprint density at radius 3 is 2.57 bits per heavy atom. The van der Waals surface area contributed by atoms with Gasteiger partial charge in [-0.1, -0.05) is 0 Å². The van der Waals surface area contributed by atoms with E-state index in [2.05, 4.69) is 18.7 Å². The molecule has 0 heterocycles. The Morgan fingerprint density at radius 1 is 1.43 bits per heavy atom. The van der Waals surface area contributed by atoms with Crippen LogP contribution in [0, 0.1) is 5.92 Å². The van der Waals surface area contributed by atoms with E-state index in [1.165, 1.54) is 18.5 Å². The number of hydrogen-bond acceptors (Lipinski definition) is 2. The maximum Gasteiger partial charge on any atom is 0.157 e. The van der Waals surface area contributed by atoms with E-state index in [1.54, 1.807) is 0 Å². The van der Waals surface area contributed by atoms with E-state index in [4.69, 9.17) is 0 Å². The van der Waals surface area contributed by atoms with Crippen molar-refractivity contribution in [3.05, 3.63) is 11.8 Å². The molecule has 1 fully saturated rings. The highest BCUT2D eigenvalue weighted by molar-refractivity contribution is 5.92. The molecule has 0 aromatic carbocycles. The summed E-state index contributed by atoms with van der Waals surface area (Å²) in [6, 6.07) is 0.535. The normalized spacial score (nSPS) is 21.6. The van der Waals surface area contributed by atoms with Gasteiger partial charge in [0.1, 0.15) is 0 Å². The van der Waals surface area contributed by atoms with Crippen LogP contribution in [0.25, 0.3) is 0 Å². The molecule has 0 aromatic heterocycles. The number of ketones is 1. The first kappa shape index (κ1) is 9.75. The van der Waals surface area contributed by atoms with Gasteiger partial charge in [-0.2, -0.15) is 0 Å². The zero-order valence-corrected chi connectivity index (χ0v) is 9.12. The lowest BCUT2D eigenvalue weighted by Crippen LogP contribution is -2.31. The first-order valence-corrected chi connectivity index (χ1v) is 5.67. The van der Waals surface area contributed by atoms with Crippen molar-refractivity contribution < 1.29 is 4.79 Å². The van der Waals surface area contributed by atoms with Crippen molar-refractivity contribution in [3.63, 3.8) is 0 Å². The van der Waals surface area contributed by atoms with Crippen molar-refractivity contribution in [2.24, 2.45) is 5.92 Å². The first-order valence-electron chi connectivity index (χ1n) is 5.67. The maximum absolute atomic E-state index is 11.2. The van der Waals surface area contributed by atoms with Crippen LogP contribution in [0.1, 0.15) is 39.5 Å². The lowest BCUT2D eigenvalue weighted by Gasteiger charge is -2.30. The van der Waals surface area contributed by atoms with Gasteiger partial charge in [0, 0.05) is 30.8 Å². The Balaban J connectivity index is 2.01. The van der Waals surface area contributed by atoms with Crippen molar-refractivity contribution in [3.8, 4) is 0 Å². The lowest BCUT2D eigenvalue weighted by atomic mass is 10.2. The molecule has 1 saturated carbocycles. The molecule has 0 spiro atoms. The maximum atomic E-state index is 11.2. The second-order valence-corrected chi connectivity index (χ2v) is 4.79. The smallest absolute Gasteiger partial charge is 0.157 e. The summed E-state index contributed by atoms with van der Waals surface area (Å²) in [5.41, 5.74) is 1.27. The lowest BCUT2D eigenvalue weighted by molar-refractivity contribution is -0.114. The average molecular weight is 193 g/mol. The van der Waals surface area contributed by atoms with Gasteiger partial charge in [0.15, 0.2) is 5.78 Å². The van der Waals surface area contributed by atoms with E-state index in [0.29, 0.717) is 11.8 Å². The van der Waals surface area contributed by atoms with Crippen LogP contribution in [-0.4, -0.2) is 23.3 Å². The molecule has 78 valence electrons. The number of hydrogen-bond donors (Lipinski definition) is 0. The highest BCUT2D eigenvalue weighted by Gasteiger charge is 2.28. The third-order valence-corrected chi connectivity index (χ3v) is 3.10. The molecule has 2 aliphatic carbocycles. The third kappa shape index (κ3) is 2.17. The van der Waals surface area contributed by atoms with Gasteiger partial charge in [-0.05, 0) is 39.0 Å². The minimum absolute atomic E-state index is 0.307. The summed E-state index contributed by atoms with van der Waals surface area (Å²) in [4.78, 5) is 13.6. The second kappa shape index (κ2) is 3.76. The van der Waals surface area contributed by atoms with Gasteiger partial charge in [0.05, 0.1) is 0 Å². The molecule has 0 atom stereocenters. The molecule has 0 bridgehead atoms. The Labute approximate surface area is 86.0 Å². The fraction of sp³-hybridized carbons (Fsp3) is 0.750. The van der Waals surface area contributed by atoms with E-state index < -0.39 is 0 Å². The van der Waals surface area contributed by atoms with Crippen molar-refractivity contribution in [1.29, 1.82) is 0 Å². The fourth-order valence-corrected chi connectivity index (χ4v) is 2.05. The number of nitrogens with zero attached hydrogens (tertiary/aromatic N) is 1. The van der Waals surface area contributed by atoms with Gasteiger partial charge in [0.2, 0.25) is 0 Å². The van der Waals surface area contributed by atoms with Crippen LogP contribution < -0.4 is 0 Å². The second-order valence-electron chi connectivity index (χ2n) is 4.79. The summed E-state index contributed by atoms with van der Waals surface area (Å²) in [5, 5.41) is 0. The average Bonchev–Trinajstić information content (AvgIpc) is 2.84. The zero-order chi connectivity index (χ0) is 10.1. The highest BCUT2D eigenvalue weighted by Crippen LogP contribution is 2.33. The van der Waals surface area contributed by atoms with Crippen molar-refractivity contribution >= 4 is 5.78 Å². The molecule has 0 aliphatic heterocycles. The van der Waals surface area contributed by atoms with Crippen LogP contribution in [-0.2, 0) is 4.79 Å². The summed E-state index contributed by atoms with van der Waals surface area (Å²) in [6.07, 6.45) is 6.30. The van der Waals surface area contributed by atoms with E-state index in [0.717, 1.165) is 25.3 Å². The number of carbonyl (C=O) groups is 1. The van der Waals surface area contributed by atoms with Crippen molar-refractivity contribution in [2.75, 3.05) is 6.54 Å². The molecule has 0 amide bonds. The molecule has 0 unspecified atom stereocenters. The first-order chi connectivity index (χ1) is 6.66. The van der Waals surface area contributed by atoms with Gasteiger partial charge in [0.25, 0.3) is 0 Å². The topological polar surface area (TPSA) is 20.3 Å². The number of rotatable bonds is 4. The molecular weight excluding hydrogens is 174 g/mol. The van der Waals surface area contributed by atoms with Crippen LogP contribution in [0.2, 0.25) is 0 Å². The van der Waals surface area contributed by atoms with E-state index in [-0.39, 0.29) is 0 Å².